The Morgan fingerprint density at radius 3 is 2.88 bits per heavy atom. The summed E-state index contributed by atoms with van der Waals surface area (Å²) in [6.07, 6.45) is 0.918. The van der Waals surface area contributed by atoms with Crippen molar-refractivity contribution in [2.45, 2.75) is 25.5 Å². The number of ether oxygens (including phenoxy) is 1. The second kappa shape index (κ2) is 5.22. The van der Waals surface area contributed by atoms with E-state index in [-0.39, 0.29) is 23.1 Å². The van der Waals surface area contributed by atoms with Crippen LogP contribution in [0.25, 0.3) is 0 Å². The summed E-state index contributed by atoms with van der Waals surface area (Å²) >= 11 is 9.05. The molecule has 17 heavy (non-hydrogen) atoms. The molecule has 94 valence electrons. The van der Waals surface area contributed by atoms with Crippen LogP contribution in [0.1, 0.15) is 24.9 Å². The molecule has 3 unspecified atom stereocenters. The fraction of sp³-hybridized carbons (Fsp3) is 0.500. The average molecular weight is 323 g/mol. The van der Waals surface area contributed by atoms with Gasteiger partial charge in [0.05, 0.1) is 11.1 Å². The molecule has 5 heteroatoms. The molecule has 1 fully saturated rings. The van der Waals surface area contributed by atoms with Gasteiger partial charge in [0.1, 0.15) is 5.82 Å². The van der Waals surface area contributed by atoms with Crippen LogP contribution in [-0.2, 0) is 4.74 Å². The lowest BCUT2D eigenvalue weighted by molar-refractivity contribution is 0.0992. The maximum atomic E-state index is 14.0. The van der Waals surface area contributed by atoms with Gasteiger partial charge in [-0.25, -0.2) is 4.39 Å². The first-order valence-electron chi connectivity index (χ1n) is 5.53. The third-order valence-corrected chi connectivity index (χ3v) is 4.58. The minimum Gasteiger partial charge on any atom is -0.378 e. The first-order valence-corrected chi connectivity index (χ1v) is 6.70. The summed E-state index contributed by atoms with van der Waals surface area (Å²) in [5.41, 5.74) is 6.58. The lowest BCUT2D eigenvalue weighted by Crippen LogP contribution is -2.27. The smallest absolute Gasteiger partial charge is 0.147 e. The Hall–Kier alpha value is -0.160. The van der Waals surface area contributed by atoms with Crippen LogP contribution >= 0.6 is 27.5 Å². The molecule has 0 spiro atoms. The van der Waals surface area contributed by atoms with Crippen molar-refractivity contribution in [3.63, 3.8) is 0 Å². The number of benzene rings is 1. The summed E-state index contributed by atoms with van der Waals surface area (Å²) in [5, 5.41) is 0.0875. The zero-order chi connectivity index (χ0) is 12.6. The zero-order valence-electron chi connectivity index (χ0n) is 9.42. The van der Waals surface area contributed by atoms with Crippen molar-refractivity contribution in [2.75, 3.05) is 6.61 Å². The van der Waals surface area contributed by atoms with Crippen LogP contribution in [0.4, 0.5) is 4.39 Å². The third-order valence-electron chi connectivity index (χ3n) is 3.32. The molecule has 2 N–H and O–H groups in total. The van der Waals surface area contributed by atoms with Crippen LogP contribution in [0.3, 0.4) is 0 Å². The predicted octanol–water partition coefficient (Wildman–Crippen LogP) is 3.67. The molecule has 1 aromatic rings. The largest absolute Gasteiger partial charge is 0.378 e. The predicted molar refractivity (Wildman–Crippen MR) is 69.6 cm³/mol. The highest BCUT2D eigenvalue weighted by Crippen LogP contribution is 2.36. The van der Waals surface area contributed by atoms with E-state index in [0.717, 1.165) is 6.42 Å². The third kappa shape index (κ3) is 2.50. The van der Waals surface area contributed by atoms with E-state index < -0.39 is 5.82 Å². The SMILES string of the molecule is CC1OCCC1C(N)c1ccc(Br)c(Cl)c1F. The van der Waals surface area contributed by atoms with Crippen molar-refractivity contribution in [2.24, 2.45) is 11.7 Å². The number of halogens is 3. The molecular weight excluding hydrogens is 308 g/mol. The molecule has 0 radical (unpaired) electrons. The van der Waals surface area contributed by atoms with E-state index in [1.807, 2.05) is 6.92 Å². The van der Waals surface area contributed by atoms with E-state index in [1.54, 1.807) is 12.1 Å². The topological polar surface area (TPSA) is 35.2 Å². The molecule has 1 aliphatic rings. The summed E-state index contributed by atoms with van der Waals surface area (Å²) in [6, 6.07) is 3.03. The van der Waals surface area contributed by atoms with E-state index in [0.29, 0.717) is 16.6 Å². The Kier molecular flexibility index (Phi) is 4.08. The van der Waals surface area contributed by atoms with Gasteiger partial charge in [-0.15, -0.1) is 0 Å². The van der Waals surface area contributed by atoms with Crippen molar-refractivity contribution in [1.82, 2.24) is 0 Å². The van der Waals surface area contributed by atoms with E-state index in [9.17, 15) is 4.39 Å². The second-order valence-electron chi connectivity index (χ2n) is 4.32. The lowest BCUT2D eigenvalue weighted by atomic mass is 9.89. The molecule has 1 saturated heterocycles. The van der Waals surface area contributed by atoms with Gasteiger partial charge in [-0.1, -0.05) is 17.7 Å². The van der Waals surface area contributed by atoms with Crippen LogP contribution in [-0.4, -0.2) is 12.7 Å². The maximum absolute atomic E-state index is 14.0. The van der Waals surface area contributed by atoms with Crippen molar-refractivity contribution in [1.29, 1.82) is 0 Å². The Labute approximate surface area is 113 Å². The number of hydrogen-bond acceptors (Lipinski definition) is 2. The maximum Gasteiger partial charge on any atom is 0.147 e. The number of rotatable bonds is 2. The van der Waals surface area contributed by atoms with Crippen LogP contribution in [0, 0.1) is 11.7 Å². The van der Waals surface area contributed by atoms with Crippen LogP contribution in [0.2, 0.25) is 5.02 Å². The van der Waals surface area contributed by atoms with Crippen molar-refractivity contribution in [3.05, 3.63) is 33.0 Å². The summed E-state index contributed by atoms with van der Waals surface area (Å²) in [6.45, 7) is 2.65. The minimum atomic E-state index is -0.437. The Bertz CT molecular complexity index is 429. The monoisotopic (exact) mass is 321 g/mol. The van der Waals surface area contributed by atoms with Gasteiger partial charge in [0.2, 0.25) is 0 Å². The van der Waals surface area contributed by atoms with Crippen LogP contribution in [0.15, 0.2) is 16.6 Å². The highest BCUT2D eigenvalue weighted by molar-refractivity contribution is 9.10. The fourth-order valence-corrected chi connectivity index (χ4v) is 2.73. The van der Waals surface area contributed by atoms with Gasteiger partial charge in [-0.3, -0.25) is 0 Å². The summed E-state index contributed by atoms with van der Waals surface area (Å²) in [7, 11) is 0. The molecular formula is C12H14BrClFNO. The first-order chi connectivity index (χ1) is 8.02. The van der Waals surface area contributed by atoms with Crippen molar-refractivity contribution < 1.29 is 9.13 Å². The summed E-state index contributed by atoms with van der Waals surface area (Å²) in [5.74, 6) is -0.297. The average Bonchev–Trinajstić information content (AvgIpc) is 2.72. The fourth-order valence-electron chi connectivity index (χ4n) is 2.25. The highest BCUT2D eigenvalue weighted by Gasteiger charge is 2.32. The normalized spacial score (nSPS) is 26.2. The van der Waals surface area contributed by atoms with Crippen LogP contribution in [0.5, 0.6) is 0 Å². The number of nitrogens with two attached hydrogens (primary N) is 1. The van der Waals surface area contributed by atoms with Crippen molar-refractivity contribution in [3.8, 4) is 0 Å². The van der Waals surface area contributed by atoms with E-state index >= 15 is 0 Å². The molecule has 2 nitrogen and oxygen atoms in total. The second-order valence-corrected chi connectivity index (χ2v) is 5.55. The summed E-state index contributed by atoms with van der Waals surface area (Å²) < 4.78 is 20.0. The van der Waals surface area contributed by atoms with Gasteiger partial charge in [0.15, 0.2) is 0 Å². The van der Waals surface area contributed by atoms with Gasteiger partial charge in [0.25, 0.3) is 0 Å². The molecule has 0 saturated carbocycles. The van der Waals surface area contributed by atoms with Gasteiger partial charge in [-0.05, 0) is 35.3 Å². The Balaban J connectivity index is 2.31. The zero-order valence-corrected chi connectivity index (χ0v) is 11.8. The van der Waals surface area contributed by atoms with Gasteiger partial charge < -0.3 is 10.5 Å². The number of hydrogen-bond donors (Lipinski definition) is 1. The van der Waals surface area contributed by atoms with Gasteiger partial charge >= 0.3 is 0 Å². The van der Waals surface area contributed by atoms with E-state index in [4.69, 9.17) is 22.1 Å². The molecule has 0 amide bonds. The Morgan fingerprint density at radius 1 is 1.59 bits per heavy atom. The molecule has 1 heterocycles. The van der Waals surface area contributed by atoms with Gasteiger partial charge in [-0.2, -0.15) is 0 Å². The standard InChI is InChI=1S/C12H14BrClFNO/c1-6-7(4-5-17-6)12(16)8-2-3-9(13)10(14)11(8)15/h2-3,6-7,12H,4-5,16H2,1H3. The first kappa shape index (κ1) is 13.3. The molecule has 1 aromatic carbocycles. The Morgan fingerprint density at radius 2 is 2.29 bits per heavy atom. The van der Waals surface area contributed by atoms with E-state index in [1.165, 1.54) is 0 Å². The quantitative estimate of drug-likeness (QED) is 0.843. The van der Waals surface area contributed by atoms with Crippen LogP contribution < -0.4 is 5.73 Å². The summed E-state index contributed by atoms with van der Waals surface area (Å²) in [4.78, 5) is 0. The molecule has 3 atom stereocenters. The molecule has 2 rings (SSSR count). The molecule has 1 aliphatic heterocycles. The lowest BCUT2D eigenvalue weighted by Gasteiger charge is -2.23. The minimum absolute atomic E-state index is 0.0619. The van der Waals surface area contributed by atoms with Gasteiger partial charge in [0, 0.05) is 28.6 Å². The molecule has 0 aliphatic carbocycles. The van der Waals surface area contributed by atoms with E-state index in [2.05, 4.69) is 15.9 Å². The molecule has 0 aromatic heterocycles. The van der Waals surface area contributed by atoms with Crippen molar-refractivity contribution >= 4 is 27.5 Å². The highest BCUT2D eigenvalue weighted by atomic mass is 79.9. The molecule has 0 bridgehead atoms.